The highest BCUT2D eigenvalue weighted by atomic mass is 32.2. The normalized spacial score (nSPS) is 15.5. The van der Waals surface area contributed by atoms with Crippen LogP contribution in [-0.2, 0) is 16.0 Å². The van der Waals surface area contributed by atoms with Crippen LogP contribution in [0, 0.1) is 5.82 Å². The van der Waals surface area contributed by atoms with Gasteiger partial charge in [0.1, 0.15) is 5.82 Å². The molecule has 2 aromatic rings. The zero-order valence-corrected chi connectivity index (χ0v) is 15.9. The highest BCUT2D eigenvalue weighted by Gasteiger charge is 2.17. The number of nitrogens with zero attached hydrogens (tertiary/aromatic N) is 4. The second-order valence-corrected chi connectivity index (χ2v) is 7.03. The van der Waals surface area contributed by atoms with E-state index in [1.807, 2.05) is 6.92 Å². The monoisotopic (exact) mass is 380 g/mol. The molecule has 1 aliphatic heterocycles. The van der Waals surface area contributed by atoms with E-state index >= 15 is 0 Å². The third kappa shape index (κ3) is 5.26. The van der Waals surface area contributed by atoms with Crippen molar-refractivity contribution in [1.82, 2.24) is 19.7 Å². The Morgan fingerprint density at radius 1 is 1.15 bits per heavy atom. The Labute approximate surface area is 157 Å². The van der Waals surface area contributed by atoms with Gasteiger partial charge >= 0.3 is 0 Å². The molecular weight excluding hydrogens is 355 g/mol. The minimum absolute atomic E-state index is 0.251. The number of hydrogen-bond acceptors (Lipinski definition) is 6. The van der Waals surface area contributed by atoms with E-state index in [0.29, 0.717) is 13.2 Å². The molecular formula is C18H25FN4O2S. The predicted octanol–water partition coefficient (Wildman–Crippen LogP) is 2.55. The highest BCUT2D eigenvalue weighted by Crippen LogP contribution is 2.24. The molecule has 0 unspecified atom stereocenters. The fourth-order valence-electron chi connectivity index (χ4n) is 2.81. The van der Waals surface area contributed by atoms with Crippen molar-refractivity contribution in [3.8, 4) is 11.4 Å². The quantitative estimate of drug-likeness (QED) is 0.492. The molecule has 142 valence electrons. The number of aromatic nitrogens is 3. The van der Waals surface area contributed by atoms with Gasteiger partial charge in [0.25, 0.3) is 0 Å². The van der Waals surface area contributed by atoms with Gasteiger partial charge < -0.3 is 14.0 Å². The lowest BCUT2D eigenvalue weighted by molar-refractivity contribution is 0.0361. The van der Waals surface area contributed by atoms with Crippen molar-refractivity contribution >= 4 is 11.8 Å². The molecule has 1 aromatic carbocycles. The third-order valence-electron chi connectivity index (χ3n) is 4.23. The number of morpholine rings is 1. The van der Waals surface area contributed by atoms with Gasteiger partial charge in [-0.2, -0.15) is 0 Å². The van der Waals surface area contributed by atoms with E-state index in [1.54, 1.807) is 23.9 Å². The fraction of sp³-hybridized carbons (Fsp3) is 0.556. The van der Waals surface area contributed by atoms with E-state index < -0.39 is 0 Å². The second-order valence-electron chi connectivity index (χ2n) is 5.96. The molecule has 0 spiro atoms. The van der Waals surface area contributed by atoms with Gasteiger partial charge in [-0.1, -0.05) is 11.8 Å². The molecule has 0 aliphatic carbocycles. The van der Waals surface area contributed by atoms with Gasteiger partial charge in [-0.25, -0.2) is 4.39 Å². The van der Waals surface area contributed by atoms with Gasteiger partial charge in [0.15, 0.2) is 11.0 Å². The first kappa shape index (κ1) is 19.3. The molecule has 1 aliphatic rings. The van der Waals surface area contributed by atoms with Crippen LogP contribution in [0.5, 0.6) is 0 Å². The summed E-state index contributed by atoms with van der Waals surface area (Å²) in [7, 11) is 0. The maximum Gasteiger partial charge on any atom is 0.191 e. The Kier molecular flexibility index (Phi) is 7.43. The molecule has 3 rings (SSSR count). The maximum atomic E-state index is 13.3. The molecule has 1 saturated heterocycles. The Hall–Kier alpha value is -1.48. The lowest BCUT2D eigenvalue weighted by Crippen LogP contribution is -2.38. The Balaban J connectivity index is 1.74. The molecule has 0 saturated carbocycles. The van der Waals surface area contributed by atoms with Crippen molar-refractivity contribution in [2.75, 3.05) is 51.8 Å². The molecule has 2 heterocycles. The predicted molar refractivity (Wildman–Crippen MR) is 99.9 cm³/mol. The van der Waals surface area contributed by atoms with E-state index in [1.165, 1.54) is 12.1 Å². The number of rotatable bonds is 9. The largest absolute Gasteiger partial charge is 0.381 e. The summed E-state index contributed by atoms with van der Waals surface area (Å²) in [6.45, 7) is 8.54. The molecule has 1 aromatic heterocycles. The summed E-state index contributed by atoms with van der Waals surface area (Å²) in [4.78, 5) is 2.38. The Morgan fingerprint density at radius 2 is 1.92 bits per heavy atom. The molecule has 6 nitrogen and oxygen atoms in total. The first-order valence-corrected chi connectivity index (χ1v) is 9.96. The van der Waals surface area contributed by atoms with Gasteiger partial charge in [-0.3, -0.25) is 4.90 Å². The standard InChI is InChI=1S/C18H25FN4O2S/c1-2-24-13-14-26-18-21-20-17(15-3-5-16(19)6-4-15)23(18)8-7-22-9-11-25-12-10-22/h3-6H,2,7-14H2,1H3. The smallest absolute Gasteiger partial charge is 0.191 e. The van der Waals surface area contributed by atoms with E-state index in [9.17, 15) is 4.39 Å². The van der Waals surface area contributed by atoms with Crippen LogP contribution in [0.25, 0.3) is 11.4 Å². The van der Waals surface area contributed by atoms with Crippen LogP contribution >= 0.6 is 11.8 Å². The molecule has 0 bridgehead atoms. The fourth-order valence-corrected chi connectivity index (χ4v) is 3.63. The first-order valence-electron chi connectivity index (χ1n) is 8.97. The summed E-state index contributed by atoms with van der Waals surface area (Å²) < 4.78 is 26.2. The topological polar surface area (TPSA) is 52.4 Å². The molecule has 26 heavy (non-hydrogen) atoms. The number of ether oxygens (including phenoxy) is 2. The summed E-state index contributed by atoms with van der Waals surface area (Å²) in [5.41, 5.74) is 0.873. The van der Waals surface area contributed by atoms with Crippen LogP contribution in [0.2, 0.25) is 0 Å². The summed E-state index contributed by atoms with van der Waals surface area (Å²) in [6, 6.07) is 6.41. The lowest BCUT2D eigenvalue weighted by atomic mass is 10.2. The molecule has 1 fully saturated rings. The van der Waals surface area contributed by atoms with E-state index in [0.717, 1.165) is 61.7 Å². The minimum Gasteiger partial charge on any atom is -0.381 e. The van der Waals surface area contributed by atoms with E-state index in [2.05, 4.69) is 19.7 Å². The summed E-state index contributed by atoms with van der Waals surface area (Å²) in [5.74, 6) is 1.35. The second kappa shape index (κ2) is 10.0. The average molecular weight is 380 g/mol. The van der Waals surface area contributed by atoms with Crippen LogP contribution in [-0.4, -0.2) is 71.5 Å². The number of hydrogen-bond donors (Lipinski definition) is 0. The Morgan fingerprint density at radius 3 is 2.65 bits per heavy atom. The van der Waals surface area contributed by atoms with Crippen LogP contribution < -0.4 is 0 Å². The van der Waals surface area contributed by atoms with Crippen LogP contribution in [0.1, 0.15) is 6.92 Å². The van der Waals surface area contributed by atoms with Crippen molar-refractivity contribution < 1.29 is 13.9 Å². The zero-order chi connectivity index (χ0) is 18.2. The average Bonchev–Trinajstić information content (AvgIpc) is 3.08. The molecule has 0 N–H and O–H groups in total. The first-order chi connectivity index (χ1) is 12.8. The van der Waals surface area contributed by atoms with Crippen molar-refractivity contribution in [3.05, 3.63) is 30.1 Å². The van der Waals surface area contributed by atoms with Crippen molar-refractivity contribution in [2.45, 2.75) is 18.6 Å². The van der Waals surface area contributed by atoms with Crippen molar-refractivity contribution in [1.29, 1.82) is 0 Å². The van der Waals surface area contributed by atoms with Gasteiger partial charge in [-0.15, -0.1) is 10.2 Å². The summed E-state index contributed by atoms with van der Waals surface area (Å²) in [6.07, 6.45) is 0. The summed E-state index contributed by atoms with van der Waals surface area (Å²) in [5, 5.41) is 9.60. The molecule has 0 radical (unpaired) electrons. The minimum atomic E-state index is -0.251. The van der Waals surface area contributed by atoms with Crippen molar-refractivity contribution in [3.63, 3.8) is 0 Å². The van der Waals surface area contributed by atoms with Gasteiger partial charge in [0.2, 0.25) is 0 Å². The molecule has 0 atom stereocenters. The number of benzene rings is 1. The maximum absolute atomic E-state index is 13.3. The van der Waals surface area contributed by atoms with E-state index in [-0.39, 0.29) is 5.82 Å². The van der Waals surface area contributed by atoms with Gasteiger partial charge in [0, 0.05) is 44.1 Å². The van der Waals surface area contributed by atoms with Crippen LogP contribution in [0.15, 0.2) is 29.4 Å². The molecule has 0 amide bonds. The summed E-state index contributed by atoms with van der Waals surface area (Å²) >= 11 is 1.64. The van der Waals surface area contributed by atoms with Crippen molar-refractivity contribution in [2.24, 2.45) is 0 Å². The zero-order valence-electron chi connectivity index (χ0n) is 15.1. The van der Waals surface area contributed by atoms with Gasteiger partial charge in [0.05, 0.1) is 19.8 Å². The van der Waals surface area contributed by atoms with E-state index in [4.69, 9.17) is 9.47 Å². The Bertz CT molecular complexity index is 674. The van der Waals surface area contributed by atoms with Crippen LogP contribution in [0.4, 0.5) is 4.39 Å². The highest BCUT2D eigenvalue weighted by molar-refractivity contribution is 7.99. The third-order valence-corrected chi connectivity index (χ3v) is 5.16. The lowest BCUT2D eigenvalue weighted by Gasteiger charge is -2.27. The number of halogens is 1. The van der Waals surface area contributed by atoms with Gasteiger partial charge in [-0.05, 0) is 31.2 Å². The van der Waals surface area contributed by atoms with Crippen LogP contribution in [0.3, 0.4) is 0 Å². The number of thioether (sulfide) groups is 1. The SMILES string of the molecule is CCOCCSc1nnc(-c2ccc(F)cc2)n1CCN1CCOCC1. The molecule has 8 heteroatoms.